The Morgan fingerprint density at radius 1 is 1.40 bits per heavy atom. The molecule has 2 rings (SSSR count). The number of halogens is 1. The molecule has 1 unspecified atom stereocenters. The first-order chi connectivity index (χ1) is 9.47. The summed E-state index contributed by atoms with van der Waals surface area (Å²) in [7, 11) is 0. The number of hydrogen-bond acceptors (Lipinski definition) is 4. The molecule has 0 spiro atoms. The van der Waals surface area contributed by atoms with Gasteiger partial charge in [-0.2, -0.15) is 0 Å². The van der Waals surface area contributed by atoms with Crippen molar-refractivity contribution in [2.24, 2.45) is 0 Å². The number of rotatable bonds is 4. The monoisotopic (exact) mass is 338 g/mol. The third-order valence-corrected chi connectivity index (χ3v) is 3.19. The second kappa shape index (κ2) is 5.87. The standard InChI is InChI=1S/C13H11BrN2O4/c1-8(9-3-2-4-10(14)7-9)15-13(17)11-5-6-12(20-11)16(18)19/h2-8H,1H3,(H,15,17). The van der Waals surface area contributed by atoms with Crippen LogP contribution in [0.25, 0.3) is 0 Å². The minimum Gasteiger partial charge on any atom is -0.395 e. The van der Waals surface area contributed by atoms with E-state index in [1.54, 1.807) is 0 Å². The molecule has 0 saturated carbocycles. The molecular weight excluding hydrogens is 328 g/mol. The maximum absolute atomic E-state index is 11.9. The van der Waals surface area contributed by atoms with Gasteiger partial charge in [-0.15, -0.1) is 0 Å². The van der Waals surface area contributed by atoms with Gasteiger partial charge < -0.3 is 9.73 Å². The lowest BCUT2D eigenvalue weighted by atomic mass is 10.1. The minimum absolute atomic E-state index is 0.0847. The van der Waals surface area contributed by atoms with E-state index in [1.165, 1.54) is 6.07 Å². The van der Waals surface area contributed by atoms with Crippen molar-refractivity contribution in [3.8, 4) is 0 Å². The van der Waals surface area contributed by atoms with Crippen LogP contribution < -0.4 is 5.32 Å². The summed E-state index contributed by atoms with van der Waals surface area (Å²) in [6, 6.07) is 9.69. The van der Waals surface area contributed by atoms with Crippen molar-refractivity contribution >= 4 is 27.7 Å². The molecule has 1 aromatic heterocycles. The molecule has 1 atom stereocenters. The van der Waals surface area contributed by atoms with Gasteiger partial charge in [0, 0.05) is 4.47 Å². The highest BCUT2D eigenvalue weighted by Gasteiger charge is 2.19. The molecule has 1 aromatic carbocycles. The SMILES string of the molecule is CC(NC(=O)c1ccc([N+](=O)[O-])o1)c1cccc(Br)c1. The van der Waals surface area contributed by atoms with E-state index >= 15 is 0 Å². The highest BCUT2D eigenvalue weighted by Crippen LogP contribution is 2.20. The van der Waals surface area contributed by atoms with Crippen LogP contribution in [0.15, 0.2) is 45.3 Å². The first kappa shape index (κ1) is 14.3. The van der Waals surface area contributed by atoms with Gasteiger partial charge >= 0.3 is 5.88 Å². The third-order valence-electron chi connectivity index (χ3n) is 2.69. The number of hydrogen-bond donors (Lipinski definition) is 1. The molecule has 6 nitrogen and oxygen atoms in total. The Hall–Kier alpha value is -2.15. The Morgan fingerprint density at radius 3 is 2.75 bits per heavy atom. The van der Waals surface area contributed by atoms with Crippen molar-refractivity contribution in [1.82, 2.24) is 5.32 Å². The van der Waals surface area contributed by atoms with Gasteiger partial charge in [-0.1, -0.05) is 28.1 Å². The molecule has 0 bridgehead atoms. The smallest absolute Gasteiger partial charge is 0.395 e. The van der Waals surface area contributed by atoms with Crippen LogP contribution in [0, 0.1) is 10.1 Å². The van der Waals surface area contributed by atoms with Gasteiger partial charge in [-0.3, -0.25) is 14.9 Å². The summed E-state index contributed by atoms with van der Waals surface area (Å²) < 4.78 is 5.75. The van der Waals surface area contributed by atoms with Crippen LogP contribution in [-0.4, -0.2) is 10.8 Å². The molecule has 0 radical (unpaired) electrons. The fraction of sp³-hybridized carbons (Fsp3) is 0.154. The average Bonchev–Trinajstić information content (AvgIpc) is 2.88. The lowest BCUT2D eigenvalue weighted by Gasteiger charge is -2.13. The maximum atomic E-state index is 11.9. The van der Waals surface area contributed by atoms with E-state index in [1.807, 2.05) is 31.2 Å². The van der Waals surface area contributed by atoms with Crippen LogP contribution in [0.1, 0.15) is 29.1 Å². The van der Waals surface area contributed by atoms with Crippen molar-refractivity contribution in [3.05, 3.63) is 62.3 Å². The van der Waals surface area contributed by atoms with Crippen molar-refractivity contribution in [2.45, 2.75) is 13.0 Å². The van der Waals surface area contributed by atoms with Gasteiger partial charge in [0.1, 0.15) is 4.92 Å². The Morgan fingerprint density at radius 2 is 2.15 bits per heavy atom. The molecule has 1 amide bonds. The summed E-state index contributed by atoms with van der Waals surface area (Å²) in [5, 5.41) is 13.2. The topological polar surface area (TPSA) is 85.4 Å². The van der Waals surface area contributed by atoms with Crippen LogP contribution in [0.5, 0.6) is 0 Å². The fourth-order valence-corrected chi connectivity index (χ4v) is 2.09. The Balaban J connectivity index is 2.08. The number of nitro groups is 1. The van der Waals surface area contributed by atoms with Gasteiger partial charge in [0.25, 0.3) is 5.91 Å². The molecule has 0 saturated heterocycles. The lowest BCUT2D eigenvalue weighted by molar-refractivity contribution is -0.402. The van der Waals surface area contributed by atoms with Gasteiger partial charge in [0.2, 0.25) is 0 Å². The Bertz CT molecular complexity index is 653. The van der Waals surface area contributed by atoms with Crippen molar-refractivity contribution in [1.29, 1.82) is 0 Å². The van der Waals surface area contributed by atoms with Crippen LogP contribution in [0.4, 0.5) is 5.88 Å². The molecule has 104 valence electrons. The number of carbonyl (C=O) groups is 1. The highest BCUT2D eigenvalue weighted by molar-refractivity contribution is 9.10. The number of nitrogens with one attached hydrogen (secondary N) is 1. The zero-order valence-corrected chi connectivity index (χ0v) is 12.1. The summed E-state index contributed by atoms with van der Waals surface area (Å²) in [4.78, 5) is 21.7. The fourth-order valence-electron chi connectivity index (χ4n) is 1.67. The predicted octanol–water partition coefficient (Wildman–Crippen LogP) is 3.44. The first-order valence-corrected chi connectivity index (χ1v) is 6.57. The normalized spacial score (nSPS) is 11.9. The molecule has 7 heteroatoms. The van der Waals surface area contributed by atoms with E-state index in [9.17, 15) is 14.9 Å². The Labute approximate surface area is 123 Å². The van der Waals surface area contributed by atoms with E-state index in [-0.39, 0.29) is 11.8 Å². The molecular formula is C13H11BrN2O4. The van der Waals surface area contributed by atoms with E-state index in [0.29, 0.717) is 0 Å². The molecule has 0 fully saturated rings. The summed E-state index contributed by atoms with van der Waals surface area (Å²) in [6.45, 7) is 1.82. The van der Waals surface area contributed by atoms with E-state index in [0.717, 1.165) is 16.1 Å². The lowest BCUT2D eigenvalue weighted by Crippen LogP contribution is -2.26. The van der Waals surface area contributed by atoms with Crippen molar-refractivity contribution < 1.29 is 14.1 Å². The van der Waals surface area contributed by atoms with Crippen molar-refractivity contribution in [2.75, 3.05) is 0 Å². The van der Waals surface area contributed by atoms with Crippen LogP contribution in [0.3, 0.4) is 0 Å². The summed E-state index contributed by atoms with van der Waals surface area (Å²) in [6.07, 6.45) is 0. The van der Waals surface area contributed by atoms with Gasteiger partial charge in [0.05, 0.1) is 12.1 Å². The van der Waals surface area contributed by atoms with Gasteiger partial charge in [-0.25, -0.2) is 0 Å². The largest absolute Gasteiger partial charge is 0.433 e. The highest BCUT2D eigenvalue weighted by atomic mass is 79.9. The van der Waals surface area contributed by atoms with E-state index in [4.69, 9.17) is 4.42 Å². The summed E-state index contributed by atoms with van der Waals surface area (Å²) >= 11 is 3.35. The Kier molecular flexibility index (Phi) is 4.19. The zero-order valence-electron chi connectivity index (χ0n) is 10.5. The second-order valence-corrected chi connectivity index (χ2v) is 5.06. The number of carbonyl (C=O) groups excluding carboxylic acids is 1. The first-order valence-electron chi connectivity index (χ1n) is 5.78. The molecule has 1 heterocycles. The minimum atomic E-state index is -0.686. The molecule has 20 heavy (non-hydrogen) atoms. The van der Waals surface area contributed by atoms with Crippen LogP contribution in [-0.2, 0) is 0 Å². The van der Waals surface area contributed by atoms with Gasteiger partial charge in [0.15, 0.2) is 5.76 Å². The number of amides is 1. The number of nitrogens with zero attached hydrogens (tertiary/aromatic N) is 1. The average molecular weight is 339 g/mol. The van der Waals surface area contributed by atoms with Gasteiger partial charge in [-0.05, 0) is 30.7 Å². The number of furan rings is 1. The molecule has 2 aromatic rings. The quantitative estimate of drug-likeness (QED) is 0.683. The number of benzene rings is 1. The molecule has 1 N–H and O–H groups in total. The maximum Gasteiger partial charge on any atom is 0.433 e. The zero-order chi connectivity index (χ0) is 14.7. The van der Waals surface area contributed by atoms with Crippen LogP contribution in [0.2, 0.25) is 0 Å². The third kappa shape index (κ3) is 3.24. The van der Waals surface area contributed by atoms with E-state index in [2.05, 4.69) is 21.2 Å². The summed E-state index contributed by atoms with van der Waals surface area (Å²) in [5.41, 5.74) is 0.911. The summed E-state index contributed by atoms with van der Waals surface area (Å²) in [5.74, 6) is -1.03. The second-order valence-electron chi connectivity index (χ2n) is 4.15. The molecule has 0 aliphatic heterocycles. The molecule has 0 aliphatic rings. The predicted molar refractivity (Wildman–Crippen MR) is 75.4 cm³/mol. The van der Waals surface area contributed by atoms with Crippen molar-refractivity contribution in [3.63, 3.8) is 0 Å². The molecule has 0 aliphatic carbocycles. The van der Waals surface area contributed by atoms with E-state index < -0.39 is 16.7 Å². The van der Waals surface area contributed by atoms with Crippen LogP contribution >= 0.6 is 15.9 Å².